The van der Waals surface area contributed by atoms with Crippen LogP contribution in [0.25, 0.3) is 0 Å². The summed E-state index contributed by atoms with van der Waals surface area (Å²) in [6.45, 7) is -0.496. The summed E-state index contributed by atoms with van der Waals surface area (Å²) in [5.74, 6) is -1.19. The first-order valence-corrected chi connectivity index (χ1v) is 11.8. The number of para-hydroxylation sites is 1. The molecule has 156 valence electrons. The third-order valence-corrected chi connectivity index (χ3v) is 7.78. The predicted octanol–water partition coefficient (Wildman–Crippen LogP) is 3.50. The summed E-state index contributed by atoms with van der Waals surface area (Å²) in [5.41, 5.74) is 0.173. The summed E-state index contributed by atoms with van der Waals surface area (Å²) in [5, 5.41) is 4.29. The number of anilines is 1. The molecule has 0 unspecified atom stereocenters. The number of esters is 1. The van der Waals surface area contributed by atoms with Gasteiger partial charge in [0.15, 0.2) is 6.61 Å². The van der Waals surface area contributed by atoms with Crippen LogP contribution in [-0.4, -0.2) is 44.3 Å². The van der Waals surface area contributed by atoms with E-state index in [-0.39, 0.29) is 16.6 Å². The van der Waals surface area contributed by atoms with Crippen molar-refractivity contribution in [3.63, 3.8) is 0 Å². The average molecular weight is 437 g/mol. The lowest BCUT2D eigenvalue weighted by Crippen LogP contribution is -2.38. The normalized spacial score (nSPS) is 15.2. The number of nitrogens with zero attached hydrogens (tertiary/aromatic N) is 1. The van der Waals surface area contributed by atoms with Gasteiger partial charge in [0.25, 0.3) is 5.91 Å². The predicted molar refractivity (Wildman–Crippen MR) is 111 cm³/mol. The topological polar surface area (TPSA) is 92.8 Å². The van der Waals surface area contributed by atoms with Crippen LogP contribution < -0.4 is 5.32 Å². The van der Waals surface area contributed by atoms with Crippen LogP contribution in [0, 0.1) is 0 Å². The van der Waals surface area contributed by atoms with Gasteiger partial charge in [0, 0.05) is 13.1 Å². The quantitative estimate of drug-likeness (QED) is 0.671. The van der Waals surface area contributed by atoms with E-state index in [1.54, 1.807) is 36.7 Å². The van der Waals surface area contributed by atoms with E-state index < -0.39 is 28.5 Å². The van der Waals surface area contributed by atoms with E-state index in [0.29, 0.717) is 4.88 Å². The van der Waals surface area contributed by atoms with Gasteiger partial charge in [0.1, 0.15) is 9.77 Å². The Morgan fingerprint density at radius 3 is 2.55 bits per heavy atom. The number of hydrogen-bond donors (Lipinski definition) is 1. The van der Waals surface area contributed by atoms with Crippen molar-refractivity contribution in [1.82, 2.24) is 4.31 Å². The second kappa shape index (κ2) is 9.51. The van der Waals surface area contributed by atoms with Crippen molar-refractivity contribution in [2.24, 2.45) is 0 Å². The Bertz CT molecular complexity index is 951. The smallest absolute Gasteiger partial charge is 0.348 e. The van der Waals surface area contributed by atoms with Crippen molar-refractivity contribution >= 4 is 38.9 Å². The molecule has 1 amide bonds. The Morgan fingerprint density at radius 1 is 1.14 bits per heavy atom. The zero-order chi connectivity index (χ0) is 20.9. The second-order valence-electron chi connectivity index (χ2n) is 6.91. The van der Waals surface area contributed by atoms with Crippen LogP contribution in [-0.2, 0) is 19.6 Å². The molecule has 9 heteroatoms. The highest BCUT2D eigenvalue weighted by molar-refractivity contribution is 7.89. The first-order chi connectivity index (χ1) is 13.9. The van der Waals surface area contributed by atoms with Crippen molar-refractivity contribution in [2.75, 3.05) is 19.0 Å². The van der Waals surface area contributed by atoms with E-state index >= 15 is 0 Å². The van der Waals surface area contributed by atoms with Crippen LogP contribution in [0.5, 0.6) is 0 Å². The van der Waals surface area contributed by atoms with Gasteiger partial charge < -0.3 is 10.1 Å². The number of benzene rings is 1. The zero-order valence-corrected chi connectivity index (χ0v) is 17.8. The van der Waals surface area contributed by atoms with Crippen molar-refractivity contribution in [3.05, 3.63) is 46.7 Å². The number of ether oxygens (including phenoxy) is 1. The van der Waals surface area contributed by atoms with Gasteiger partial charge in [-0.3, -0.25) is 4.79 Å². The minimum Gasteiger partial charge on any atom is -0.451 e. The van der Waals surface area contributed by atoms with Gasteiger partial charge >= 0.3 is 5.97 Å². The largest absolute Gasteiger partial charge is 0.451 e. The molecule has 7 nitrogen and oxygen atoms in total. The number of nitrogens with one attached hydrogen (secondary N) is 1. The first-order valence-electron chi connectivity index (χ1n) is 9.47. The molecule has 0 aliphatic heterocycles. The molecule has 1 fully saturated rings. The molecule has 29 heavy (non-hydrogen) atoms. The molecule has 1 aliphatic carbocycles. The fraction of sp³-hybridized carbons (Fsp3) is 0.400. The molecule has 1 saturated carbocycles. The van der Waals surface area contributed by atoms with Crippen LogP contribution in [0.4, 0.5) is 5.69 Å². The molecule has 0 bridgehead atoms. The van der Waals surface area contributed by atoms with Gasteiger partial charge in [-0.1, -0.05) is 37.5 Å². The van der Waals surface area contributed by atoms with Crippen molar-refractivity contribution in [1.29, 1.82) is 0 Å². The molecule has 0 saturated heterocycles. The third kappa shape index (κ3) is 5.23. The molecular formula is C20H24N2O5S2. The number of carbonyl (C=O) groups excluding carboxylic acids is 2. The minimum atomic E-state index is -3.77. The van der Waals surface area contributed by atoms with Gasteiger partial charge in [-0.2, -0.15) is 4.31 Å². The maximum atomic E-state index is 13.1. The molecule has 0 radical (unpaired) electrons. The zero-order valence-electron chi connectivity index (χ0n) is 16.2. The molecule has 2 aromatic rings. The van der Waals surface area contributed by atoms with Crippen LogP contribution >= 0.6 is 11.3 Å². The number of amides is 1. The highest BCUT2D eigenvalue weighted by Gasteiger charge is 2.31. The fourth-order valence-electron chi connectivity index (χ4n) is 3.37. The summed E-state index contributed by atoms with van der Waals surface area (Å²) < 4.78 is 32.7. The molecule has 1 aliphatic rings. The van der Waals surface area contributed by atoms with Gasteiger partial charge in [0.2, 0.25) is 10.0 Å². The standard InChI is InChI=1S/C20H24N2O5S2/c1-22(15-8-3-2-4-9-15)29(25,26)18-12-6-5-10-16(18)21-19(23)14-27-20(24)17-11-7-13-28-17/h5-7,10-13,15H,2-4,8-9,14H2,1H3,(H,21,23). The lowest BCUT2D eigenvalue weighted by Gasteiger charge is -2.30. The first kappa shape index (κ1) is 21.5. The molecule has 1 N–H and O–H groups in total. The monoisotopic (exact) mass is 436 g/mol. The second-order valence-corrected chi connectivity index (χ2v) is 9.82. The third-order valence-electron chi connectivity index (χ3n) is 4.96. The van der Waals surface area contributed by atoms with Crippen LogP contribution in [0.1, 0.15) is 41.8 Å². The number of hydrogen-bond acceptors (Lipinski definition) is 6. The highest BCUT2D eigenvalue weighted by Crippen LogP contribution is 2.29. The molecule has 1 aromatic carbocycles. The van der Waals surface area contributed by atoms with E-state index in [1.165, 1.54) is 27.8 Å². The summed E-state index contributed by atoms with van der Waals surface area (Å²) in [6.07, 6.45) is 4.82. The summed E-state index contributed by atoms with van der Waals surface area (Å²) in [7, 11) is -2.18. The molecule has 3 rings (SSSR count). The minimum absolute atomic E-state index is 0.0333. The average Bonchev–Trinajstić information content (AvgIpc) is 3.27. The Balaban J connectivity index is 1.69. The summed E-state index contributed by atoms with van der Waals surface area (Å²) in [4.78, 5) is 24.5. The Morgan fingerprint density at radius 2 is 1.86 bits per heavy atom. The molecule has 0 spiro atoms. The van der Waals surface area contributed by atoms with Gasteiger partial charge in [-0.15, -0.1) is 11.3 Å². The molecule has 1 heterocycles. The van der Waals surface area contributed by atoms with Gasteiger partial charge in [-0.25, -0.2) is 13.2 Å². The summed E-state index contributed by atoms with van der Waals surface area (Å²) >= 11 is 1.22. The van der Waals surface area contributed by atoms with Crippen LogP contribution in [0.15, 0.2) is 46.7 Å². The fourth-order valence-corrected chi connectivity index (χ4v) is 5.55. The van der Waals surface area contributed by atoms with E-state index in [4.69, 9.17) is 4.74 Å². The van der Waals surface area contributed by atoms with Crippen molar-refractivity contribution in [2.45, 2.75) is 43.0 Å². The van der Waals surface area contributed by atoms with Crippen LogP contribution in [0.3, 0.4) is 0 Å². The van der Waals surface area contributed by atoms with E-state index in [0.717, 1.165) is 32.1 Å². The maximum absolute atomic E-state index is 13.1. The number of carbonyl (C=O) groups is 2. The SMILES string of the molecule is CN(C1CCCCC1)S(=O)(=O)c1ccccc1NC(=O)COC(=O)c1cccs1. The highest BCUT2D eigenvalue weighted by atomic mass is 32.2. The van der Waals surface area contributed by atoms with Crippen molar-refractivity contribution < 1.29 is 22.7 Å². The Labute approximate surface area is 174 Å². The maximum Gasteiger partial charge on any atom is 0.348 e. The van der Waals surface area contributed by atoms with E-state index in [2.05, 4.69) is 5.32 Å². The Kier molecular flexibility index (Phi) is 7.05. The molecular weight excluding hydrogens is 412 g/mol. The van der Waals surface area contributed by atoms with Crippen LogP contribution in [0.2, 0.25) is 0 Å². The lowest BCUT2D eigenvalue weighted by atomic mass is 9.96. The number of rotatable bonds is 7. The molecule has 1 aromatic heterocycles. The van der Waals surface area contributed by atoms with Crippen molar-refractivity contribution in [3.8, 4) is 0 Å². The van der Waals surface area contributed by atoms with E-state index in [9.17, 15) is 18.0 Å². The number of sulfonamides is 1. The Hall–Kier alpha value is -2.23. The lowest BCUT2D eigenvalue weighted by molar-refractivity contribution is -0.119. The van der Waals surface area contributed by atoms with E-state index in [1.807, 2.05) is 0 Å². The summed E-state index contributed by atoms with van der Waals surface area (Å²) in [6, 6.07) is 9.55. The number of thiophene rings is 1. The van der Waals surface area contributed by atoms with Gasteiger partial charge in [0.05, 0.1) is 5.69 Å². The van der Waals surface area contributed by atoms with Gasteiger partial charge in [-0.05, 0) is 36.4 Å². The molecule has 0 atom stereocenters.